The summed E-state index contributed by atoms with van der Waals surface area (Å²) in [5, 5.41) is 11.0. The van der Waals surface area contributed by atoms with E-state index in [1.165, 1.54) is 0 Å². The van der Waals surface area contributed by atoms with Crippen LogP contribution in [0.3, 0.4) is 0 Å². The molecule has 0 radical (unpaired) electrons. The minimum atomic E-state index is -8.30. The molecule has 0 saturated heterocycles. The van der Waals surface area contributed by atoms with Gasteiger partial charge in [-0.15, -0.1) is 4.33 Å². The summed E-state index contributed by atoms with van der Waals surface area (Å²) in [5.41, 5.74) is 0. The Kier molecular flexibility index (Phi) is 15.5. The largest absolute Gasteiger partial charge is 0.465 e. The molecule has 0 aliphatic heterocycles. The van der Waals surface area contributed by atoms with Crippen LogP contribution in [0.2, 0.25) is 0 Å². The van der Waals surface area contributed by atoms with Gasteiger partial charge in [0.2, 0.25) is 0 Å². The molecule has 0 aromatic carbocycles. The molecule has 0 spiro atoms. The first-order valence-electron chi connectivity index (χ1n) is 12.8. The number of halogens is 26. The van der Waals surface area contributed by atoms with Gasteiger partial charge in [-0.25, -0.2) is 5.26 Å². The van der Waals surface area contributed by atoms with E-state index in [1.54, 1.807) is 0 Å². The van der Waals surface area contributed by atoms with Crippen LogP contribution in [0.5, 0.6) is 0 Å². The average molecular weight is 904 g/mol. The van der Waals surface area contributed by atoms with Crippen molar-refractivity contribution in [3.05, 3.63) is 0 Å². The number of hydrogen-bond acceptors (Lipinski definition) is 8. The highest BCUT2D eigenvalue weighted by Gasteiger charge is 2.92. The van der Waals surface area contributed by atoms with Gasteiger partial charge in [0, 0.05) is 17.8 Å². The van der Waals surface area contributed by atoms with Gasteiger partial charge in [0.1, 0.15) is 0 Å². The third-order valence-electron chi connectivity index (χ3n) is 6.43. The van der Waals surface area contributed by atoms with E-state index in [4.69, 9.17) is 5.26 Å². The van der Waals surface area contributed by atoms with Gasteiger partial charge < -0.3 is 9.47 Å². The van der Waals surface area contributed by atoms with Crippen LogP contribution >= 0.6 is 12.0 Å². The van der Waals surface area contributed by atoms with Gasteiger partial charge in [-0.2, -0.15) is 114 Å². The average Bonchev–Trinajstić information content (AvgIpc) is 2.98. The quantitative estimate of drug-likeness (QED) is 0.0305. The SMILES string of the molecule is O=C(CC(CSOOO)C(=O)OCCC(F)(F)C(F)(F)C(F)(F)C(F)(F)C(F)(F)C(F)(F)F)OCCC(F)(F)C(F)(F)C(F)(F)C(F)(F)C(F)(F)C(F)(F)F. The van der Waals surface area contributed by atoms with Crippen LogP contribution in [0.1, 0.15) is 19.3 Å². The molecular weight excluding hydrogens is 890 g/mol. The van der Waals surface area contributed by atoms with Crippen LogP contribution in [0.4, 0.5) is 114 Å². The molecule has 0 saturated carbocycles. The number of carbonyl (C=O) groups is 2. The van der Waals surface area contributed by atoms with E-state index in [-0.39, 0.29) is 12.0 Å². The third kappa shape index (κ3) is 9.56. The predicted octanol–water partition coefficient (Wildman–Crippen LogP) is 9.41. The van der Waals surface area contributed by atoms with Crippen LogP contribution in [0.25, 0.3) is 0 Å². The summed E-state index contributed by atoms with van der Waals surface area (Å²) < 4.78 is 353. The van der Waals surface area contributed by atoms with Crippen molar-refractivity contribution in [2.45, 2.75) is 90.8 Å². The number of rotatable bonds is 21. The van der Waals surface area contributed by atoms with Crippen molar-refractivity contribution in [2.24, 2.45) is 5.92 Å². The van der Waals surface area contributed by atoms with Crippen molar-refractivity contribution in [3.63, 3.8) is 0 Å². The summed E-state index contributed by atoms with van der Waals surface area (Å²) in [6, 6.07) is 0. The van der Waals surface area contributed by atoms with Crippen molar-refractivity contribution in [3.8, 4) is 0 Å². The van der Waals surface area contributed by atoms with E-state index in [9.17, 15) is 124 Å². The third-order valence-corrected chi connectivity index (χ3v) is 7.13. The molecule has 0 aromatic heterocycles. The Morgan fingerprint density at radius 1 is 0.473 bits per heavy atom. The lowest BCUT2D eigenvalue weighted by Crippen LogP contribution is -2.70. The van der Waals surface area contributed by atoms with Crippen LogP contribution in [0.15, 0.2) is 0 Å². The van der Waals surface area contributed by atoms with Gasteiger partial charge in [-0.05, 0) is 0 Å². The summed E-state index contributed by atoms with van der Waals surface area (Å²) in [4.78, 5) is 23.9. The number of alkyl halides is 26. The molecule has 1 atom stereocenters. The zero-order valence-corrected chi connectivity index (χ0v) is 25.8. The number of carbonyl (C=O) groups excluding carboxylic acids is 2. The first-order valence-corrected chi connectivity index (χ1v) is 13.7. The first kappa shape index (κ1) is 52.3. The highest BCUT2D eigenvalue weighted by atomic mass is 32.2. The fourth-order valence-corrected chi connectivity index (χ4v) is 3.73. The topological polar surface area (TPSA) is 91.3 Å². The Hall–Kier alpha value is -2.65. The van der Waals surface area contributed by atoms with Gasteiger partial charge in [0.05, 0.1) is 38.4 Å². The molecule has 0 aromatic rings. The predicted molar refractivity (Wildman–Crippen MR) is 118 cm³/mol. The van der Waals surface area contributed by atoms with Crippen LogP contribution in [-0.2, 0) is 28.4 Å². The number of hydrogen-bond donors (Lipinski definition) is 1. The zero-order chi connectivity index (χ0) is 44.5. The monoisotopic (exact) mass is 904 g/mol. The zero-order valence-electron chi connectivity index (χ0n) is 25.0. The molecule has 0 rings (SSSR count). The maximum atomic E-state index is 13.9. The molecule has 0 bridgehead atoms. The van der Waals surface area contributed by atoms with Gasteiger partial charge in [-0.1, -0.05) is 5.04 Å². The number of esters is 2. The van der Waals surface area contributed by atoms with Gasteiger partial charge in [-0.3, -0.25) is 9.59 Å². The van der Waals surface area contributed by atoms with E-state index >= 15 is 0 Å². The lowest BCUT2D eigenvalue weighted by molar-refractivity contribution is -0.440. The minimum Gasteiger partial charge on any atom is -0.465 e. The van der Waals surface area contributed by atoms with Gasteiger partial charge >= 0.3 is 83.5 Å². The van der Waals surface area contributed by atoms with Crippen LogP contribution in [-0.4, -0.2) is 108 Å². The summed E-state index contributed by atoms with van der Waals surface area (Å²) in [5.74, 6) is -86.8. The lowest BCUT2D eigenvalue weighted by atomic mass is 9.93. The Morgan fingerprint density at radius 2 is 0.782 bits per heavy atom. The fourth-order valence-electron chi connectivity index (χ4n) is 3.21. The Balaban J connectivity index is 5.90. The van der Waals surface area contributed by atoms with E-state index in [0.717, 1.165) is 0 Å². The molecule has 34 heteroatoms. The lowest BCUT2D eigenvalue weighted by Gasteiger charge is -2.39. The Labute approximate surface area is 288 Å². The number of ether oxygens (including phenoxy) is 2. The molecular formula is C21H14F26O7S. The van der Waals surface area contributed by atoms with Crippen molar-refractivity contribution in [2.75, 3.05) is 19.0 Å². The first-order chi connectivity index (χ1) is 23.9. The molecule has 0 fully saturated rings. The van der Waals surface area contributed by atoms with Gasteiger partial charge in [0.25, 0.3) is 0 Å². The minimum absolute atomic E-state index is 0.384. The second-order valence-corrected chi connectivity index (χ2v) is 10.9. The Morgan fingerprint density at radius 3 is 1.09 bits per heavy atom. The summed E-state index contributed by atoms with van der Waals surface area (Å²) >= 11 is -0.384. The summed E-state index contributed by atoms with van der Waals surface area (Å²) in [7, 11) is 0. The smallest absolute Gasteiger partial charge is 0.460 e. The summed E-state index contributed by atoms with van der Waals surface area (Å²) in [6.45, 7) is -4.86. The molecule has 1 unspecified atom stereocenters. The maximum absolute atomic E-state index is 13.9. The van der Waals surface area contributed by atoms with E-state index in [1.807, 2.05) is 0 Å². The van der Waals surface area contributed by atoms with Crippen LogP contribution in [0, 0.1) is 5.92 Å². The van der Waals surface area contributed by atoms with Crippen molar-refractivity contribution in [1.29, 1.82) is 0 Å². The highest BCUT2D eigenvalue weighted by molar-refractivity contribution is 7.94. The molecule has 1 N–H and O–H groups in total. The van der Waals surface area contributed by atoms with E-state index in [2.05, 4.69) is 18.8 Å². The summed E-state index contributed by atoms with van der Waals surface area (Å²) in [6.07, 6.45) is -23.6. The maximum Gasteiger partial charge on any atom is 0.460 e. The van der Waals surface area contributed by atoms with Crippen molar-refractivity contribution in [1.82, 2.24) is 0 Å². The second kappa shape index (κ2) is 16.3. The molecule has 0 heterocycles. The molecule has 328 valence electrons. The van der Waals surface area contributed by atoms with Crippen molar-refractivity contribution >= 4 is 24.0 Å². The second-order valence-electron chi connectivity index (χ2n) is 10.2. The molecule has 0 aliphatic carbocycles. The molecule has 7 nitrogen and oxygen atoms in total. The Bertz CT molecular complexity index is 1310. The van der Waals surface area contributed by atoms with E-state index in [0.29, 0.717) is 0 Å². The van der Waals surface area contributed by atoms with E-state index < -0.39 is 128 Å². The van der Waals surface area contributed by atoms with Crippen molar-refractivity contribution < 1.29 is 148 Å². The molecule has 0 aliphatic rings. The fraction of sp³-hybridized carbons (Fsp3) is 0.905. The van der Waals surface area contributed by atoms with Gasteiger partial charge in [0.15, 0.2) is 0 Å². The normalized spacial score (nSPS) is 15.9. The van der Waals surface area contributed by atoms with Crippen LogP contribution < -0.4 is 0 Å². The standard InChI is InChI=1S/C21H14F26O7S/c22-10(23,12(26,27)14(30,31)16(34,35)18(38,39)20(42,43)44)1-3-51-8(48)5-7(6-55-54-53-50)9(49)52-4-2-11(24,25)13(28,29)15(32,33)17(36,37)19(40,41)21(45,46)47/h7,50H,1-6H2. The molecule has 55 heavy (non-hydrogen) atoms. The highest BCUT2D eigenvalue weighted by Crippen LogP contribution is 2.62. The molecule has 0 amide bonds.